The van der Waals surface area contributed by atoms with E-state index in [4.69, 9.17) is 43.5 Å². The first kappa shape index (κ1) is 68.2. The van der Waals surface area contributed by atoms with E-state index in [-0.39, 0.29) is 39.8 Å². The molecule has 3 saturated heterocycles. The number of nitrogens with one attached hydrogen (secondary N) is 1. The van der Waals surface area contributed by atoms with Crippen molar-refractivity contribution in [2.24, 2.45) is 26.9 Å². The summed E-state index contributed by atoms with van der Waals surface area (Å²) in [4.78, 5) is 74.4. The zero-order valence-corrected chi connectivity index (χ0v) is 53.6. The third kappa shape index (κ3) is 16.7. The number of nitrogens with zero attached hydrogens (tertiary/aromatic N) is 5. The van der Waals surface area contributed by atoms with Gasteiger partial charge in [-0.15, -0.1) is 0 Å². The number of likely N-dealkylation sites (tertiary alicyclic amines) is 2. The first-order valence-corrected chi connectivity index (χ1v) is 28.0. The lowest BCUT2D eigenvalue weighted by Crippen LogP contribution is -2.57. The number of hydrogen-bond donors (Lipinski definition) is 2. The van der Waals surface area contributed by atoms with E-state index < -0.39 is 7.12 Å². The Morgan fingerprint density at radius 1 is 0.553 bits per heavy atom. The van der Waals surface area contributed by atoms with Crippen molar-refractivity contribution in [3.8, 4) is 56.8 Å². The Morgan fingerprint density at radius 3 is 1.20 bits per heavy atom. The van der Waals surface area contributed by atoms with Crippen LogP contribution in [0.4, 0.5) is 0 Å². The molecule has 0 spiro atoms. The Bertz CT molecular complexity index is 3380. The number of likely N-dealkylation sites (N-methyl/N-ethyl adjacent to an activating group) is 2. The molecule has 3 N–H and O–H groups in total. The molecule has 3 aromatic carbocycles. The molecule has 3 aromatic heterocycles. The van der Waals surface area contributed by atoms with Gasteiger partial charge in [-0.05, 0) is 139 Å². The van der Waals surface area contributed by atoms with E-state index in [2.05, 4.69) is 38.1 Å². The summed E-state index contributed by atoms with van der Waals surface area (Å²) in [5.74, 6) is 2.52. The lowest BCUT2D eigenvalue weighted by Gasteiger charge is -2.36. The van der Waals surface area contributed by atoms with Crippen LogP contribution in [0.1, 0.15) is 75.5 Å². The quantitative estimate of drug-likeness (QED) is 0.0975. The number of methoxy groups -OCH3 is 6. The van der Waals surface area contributed by atoms with E-state index in [1.54, 1.807) is 108 Å². The van der Waals surface area contributed by atoms with Crippen molar-refractivity contribution in [1.29, 1.82) is 0 Å². The van der Waals surface area contributed by atoms with Gasteiger partial charge < -0.3 is 72.3 Å². The van der Waals surface area contributed by atoms with Crippen molar-refractivity contribution in [2.45, 2.75) is 71.8 Å². The third-order valence-electron chi connectivity index (χ3n) is 14.8. The van der Waals surface area contributed by atoms with E-state index in [9.17, 15) is 28.8 Å². The van der Waals surface area contributed by atoms with Crippen molar-refractivity contribution in [1.82, 2.24) is 28.8 Å². The number of aryl methyl sites for hydroxylation is 6. The number of benzene rings is 3. The number of ether oxygens (including phenoxy) is 6. The van der Waals surface area contributed by atoms with Gasteiger partial charge in [0.25, 0.3) is 22.6 Å². The van der Waals surface area contributed by atoms with Crippen LogP contribution in [0.2, 0.25) is 0 Å². The van der Waals surface area contributed by atoms with Crippen molar-refractivity contribution >= 4 is 47.0 Å². The minimum Gasteiger partial charge on any atom is -0.496 e. The van der Waals surface area contributed by atoms with Crippen molar-refractivity contribution in [3.63, 3.8) is 0 Å². The van der Waals surface area contributed by atoms with E-state index in [0.29, 0.717) is 86.5 Å². The molecule has 3 fully saturated rings. The largest absolute Gasteiger partial charge is 0.496 e. The predicted molar refractivity (Wildman–Crippen MR) is 334 cm³/mol. The number of carbonyl (C=O) groups excluding carboxylic acids is 3. The molecule has 3 aliphatic heterocycles. The molecule has 0 aliphatic carbocycles. The number of halogens is 1. The van der Waals surface area contributed by atoms with E-state index in [1.807, 2.05) is 46.9 Å². The summed E-state index contributed by atoms with van der Waals surface area (Å²) in [6, 6.07) is 16.6. The molecule has 85 heavy (non-hydrogen) atoms. The number of amides is 1. The number of aldehydes is 2. The zero-order valence-electron chi connectivity index (χ0n) is 52.1. The van der Waals surface area contributed by atoms with Gasteiger partial charge in [-0.25, -0.2) is 0 Å². The molecule has 3 aliphatic rings. The molecule has 0 radical (unpaired) electrons. The molecule has 1 amide bonds. The van der Waals surface area contributed by atoms with Gasteiger partial charge in [0.1, 0.15) is 40.1 Å². The molecule has 21 nitrogen and oxygen atoms in total. The van der Waals surface area contributed by atoms with Crippen LogP contribution in [0.15, 0.2) is 92.0 Å². The molecular formula is C62H81BBrN7O14. The molecule has 6 aromatic rings. The molecule has 9 rings (SSSR count). The number of carbonyl (C=O) groups is 3. The lowest BCUT2D eigenvalue weighted by molar-refractivity contribution is 0.00578. The second kappa shape index (κ2) is 29.5. The number of aromatic nitrogens is 3. The minimum absolute atomic E-state index is 0.00951. The predicted octanol–water partition coefficient (Wildman–Crippen LogP) is 6.14. The van der Waals surface area contributed by atoms with Gasteiger partial charge >= 0.3 is 7.12 Å². The van der Waals surface area contributed by atoms with Crippen LogP contribution < -0.4 is 61.6 Å². The fraction of sp³-hybridized carbons (Fsp3) is 0.419. The van der Waals surface area contributed by atoms with Crippen LogP contribution in [0.3, 0.4) is 0 Å². The fourth-order valence-electron chi connectivity index (χ4n) is 9.43. The molecule has 0 unspecified atom stereocenters. The Balaban J connectivity index is 0.000000205. The van der Waals surface area contributed by atoms with Gasteiger partial charge in [0.2, 0.25) is 0 Å². The van der Waals surface area contributed by atoms with Gasteiger partial charge in [0, 0.05) is 93.1 Å². The maximum Gasteiger partial charge on any atom is 0.496 e. The van der Waals surface area contributed by atoms with Gasteiger partial charge in [-0.2, -0.15) is 0 Å². The van der Waals surface area contributed by atoms with E-state index >= 15 is 0 Å². The Morgan fingerprint density at radius 2 is 0.894 bits per heavy atom. The highest BCUT2D eigenvalue weighted by molar-refractivity contribution is 9.10. The summed E-state index contributed by atoms with van der Waals surface area (Å²) < 4.78 is 48.9. The summed E-state index contributed by atoms with van der Waals surface area (Å²) in [6.45, 7) is 17.2. The summed E-state index contributed by atoms with van der Waals surface area (Å²) in [5, 5.41) is 3.01. The summed E-state index contributed by atoms with van der Waals surface area (Å²) in [6.07, 6.45) is 6.69. The number of rotatable bonds is 13. The van der Waals surface area contributed by atoms with Crippen molar-refractivity contribution in [3.05, 3.63) is 142 Å². The zero-order chi connectivity index (χ0) is 63.4. The highest BCUT2D eigenvalue weighted by Gasteiger charge is 2.52. The van der Waals surface area contributed by atoms with Gasteiger partial charge in [0.05, 0.1) is 71.0 Å². The van der Waals surface area contributed by atoms with Crippen LogP contribution >= 0.6 is 15.9 Å². The van der Waals surface area contributed by atoms with Gasteiger partial charge in [-0.3, -0.25) is 28.8 Å². The minimum atomic E-state index is -0.416. The highest BCUT2D eigenvalue weighted by Crippen LogP contribution is 2.38. The SMILES string of the molecule is CN1CC(N)C1.COc1cc(-c2cc(C)c(=O)n(C)c2)cc(OC)c1C(=O)NC1CN(C)C1.COc1cc(-c2cc(C)c(=O)n(C)c2)cc(OC)c1C=O.COc1cc(Br)cc(OC)c1C=O.Cc1cc(B2OC(C)(C)C(C)(C)O2)cn(C)c1=O. The summed E-state index contributed by atoms with van der Waals surface area (Å²) >= 11 is 3.28. The number of pyridine rings is 3. The maximum atomic E-state index is 12.8. The van der Waals surface area contributed by atoms with E-state index in [1.165, 1.54) is 51.8 Å². The molecule has 458 valence electrons. The molecular weight excluding hydrogens is 1160 g/mol. The summed E-state index contributed by atoms with van der Waals surface area (Å²) in [5.41, 5.74) is 12.0. The molecule has 0 atom stereocenters. The topological polar surface area (TPSA) is 236 Å². The van der Waals surface area contributed by atoms with Crippen LogP contribution in [0.25, 0.3) is 22.3 Å². The Labute approximate surface area is 506 Å². The molecule has 0 saturated carbocycles. The van der Waals surface area contributed by atoms with Crippen LogP contribution in [-0.2, 0) is 30.5 Å². The van der Waals surface area contributed by atoms with Crippen LogP contribution in [-0.4, -0.2) is 155 Å². The highest BCUT2D eigenvalue weighted by atomic mass is 79.9. The second-order valence-electron chi connectivity index (χ2n) is 22.0. The number of nitrogens with two attached hydrogens (primary N) is 1. The summed E-state index contributed by atoms with van der Waals surface area (Å²) in [7, 11) is 17.9. The van der Waals surface area contributed by atoms with Crippen LogP contribution in [0, 0.1) is 20.8 Å². The first-order chi connectivity index (χ1) is 40.0. The average molecular weight is 1240 g/mol. The molecule has 6 heterocycles. The second-order valence-corrected chi connectivity index (χ2v) is 22.9. The maximum absolute atomic E-state index is 12.8. The third-order valence-corrected chi connectivity index (χ3v) is 15.3. The Hall–Kier alpha value is -7.54. The number of hydrogen-bond acceptors (Lipinski definition) is 17. The lowest BCUT2D eigenvalue weighted by atomic mass is 9.80. The van der Waals surface area contributed by atoms with E-state index in [0.717, 1.165) is 58.4 Å². The van der Waals surface area contributed by atoms with Crippen molar-refractivity contribution in [2.75, 3.05) is 82.9 Å². The standard InChI is InChI=1S/C20H25N3O4.C16H17NO4.C13H20BNO3.C9H9BrO3.C4H10N2/c1-12-6-14(9-23(3)20(12)25)13-7-16(26-4)18(17(8-13)27-5)19(24)21-15-10-22(2)11-15;1-10-5-12(8-17(2)16(10)19)11-6-14(20-3)13(9-18)15(7-11)21-4;1-9-7-10(8-15(6)11(9)16)14-17-12(2,3)13(4,5)18-14;1-12-8-3-6(10)4-9(13-2)7(8)5-11;1-6-2-4(5)3-6/h6-9,15H,10-11H2,1-5H3,(H,21,24);5-9H,1-4H3;7-8H,1-6H3;3-5H,1-2H3;4H,2-3,5H2,1H3. The normalized spacial score (nSPS) is 15.0. The van der Waals surface area contributed by atoms with Gasteiger partial charge in [0.15, 0.2) is 12.6 Å². The fourth-order valence-corrected chi connectivity index (χ4v) is 9.85. The molecule has 0 bridgehead atoms. The average Bonchev–Trinajstić information content (AvgIpc) is 3.88. The smallest absolute Gasteiger partial charge is 0.496 e. The Kier molecular flexibility index (Phi) is 23.7. The van der Waals surface area contributed by atoms with Crippen molar-refractivity contribution < 1.29 is 52.1 Å². The first-order valence-electron chi connectivity index (χ1n) is 27.2. The molecule has 23 heteroatoms. The van der Waals surface area contributed by atoms with Gasteiger partial charge in [-0.1, -0.05) is 22.0 Å². The monoisotopic (exact) mass is 1240 g/mol. The van der Waals surface area contributed by atoms with Crippen LogP contribution in [0.5, 0.6) is 34.5 Å².